The van der Waals surface area contributed by atoms with Crippen molar-refractivity contribution in [3.05, 3.63) is 33.1 Å². The van der Waals surface area contributed by atoms with E-state index in [4.69, 9.17) is 16.3 Å². The number of halogens is 1. The number of ether oxygens (including phenoxy) is 1. The van der Waals surface area contributed by atoms with E-state index in [-0.39, 0.29) is 30.5 Å². The number of nitro groups is 1. The molecular formula is C11H12ClN3O5. The average molecular weight is 302 g/mol. The Labute approximate surface area is 119 Å². The second kappa shape index (κ2) is 6.12. The van der Waals surface area contributed by atoms with E-state index in [0.29, 0.717) is 6.61 Å². The fourth-order valence-corrected chi connectivity index (χ4v) is 2.23. The maximum Gasteiger partial charge on any atom is 0.319 e. The van der Waals surface area contributed by atoms with E-state index in [1.165, 1.54) is 17.2 Å². The lowest BCUT2D eigenvalue weighted by molar-refractivity contribution is -0.385. The van der Waals surface area contributed by atoms with Crippen molar-refractivity contribution in [3.8, 4) is 0 Å². The van der Waals surface area contributed by atoms with Gasteiger partial charge in [0.1, 0.15) is 5.56 Å². The van der Waals surface area contributed by atoms with Crippen LogP contribution in [0.4, 0.5) is 5.69 Å². The maximum atomic E-state index is 12.4. The van der Waals surface area contributed by atoms with Crippen molar-refractivity contribution in [2.24, 2.45) is 0 Å². The van der Waals surface area contributed by atoms with E-state index in [1.807, 2.05) is 0 Å². The number of aliphatic hydroxyl groups is 1. The Kier molecular flexibility index (Phi) is 4.48. The highest BCUT2D eigenvalue weighted by Crippen LogP contribution is 2.27. The number of morpholine rings is 1. The molecule has 1 aliphatic heterocycles. The van der Waals surface area contributed by atoms with Gasteiger partial charge in [-0.3, -0.25) is 14.9 Å². The van der Waals surface area contributed by atoms with E-state index in [0.717, 1.165) is 0 Å². The molecule has 1 aromatic heterocycles. The van der Waals surface area contributed by atoms with Crippen LogP contribution in [0.3, 0.4) is 0 Å². The summed E-state index contributed by atoms with van der Waals surface area (Å²) >= 11 is 5.68. The topological polar surface area (TPSA) is 106 Å². The van der Waals surface area contributed by atoms with Gasteiger partial charge in [-0.05, 0) is 6.07 Å². The summed E-state index contributed by atoms with van der Waals surface area (Å²) < 4.78 is 5.16. The molecule has 0 spiro atoms. The van der Waals surface area contributed by atoms with E-state index >= 15 is 0 Å². The van der Waals surface area contributed by atoms with Crippen LogP contribution in [0.5, 0.6) is 0 Å². The number of nitrogens with zero attached hydrogens (tertiary/aromatic N) is 3. The van der Waals surface area contributed by atoms with Gasteiger partial charge in [-0.15, -0.1) is 0 Å². The minimum atomic E-state index is -0.739. The molecule has 1 amide bonds. The lowest BCUT2D eigenvalue weighted by atomic mass is 10.1. The summed E-state index contributed by atoms with van der Waals surface area (Å²) in [5, 5.41) is 19.9. The smallest absolute Gasteiger partial charge is 0.319 e. The highest BCUT2D eigenvalue weighted by Gasteiger charge is 2.33. The van der Waals surface area contributed by atoms with E-state index in [2.05, 4.69) is 4.98 Å². The number of hydrogen-bond donors (Lipinski definition) is 1. The van der Waals surface area contributed by atoms with Crippen molar-refractivity contribution in [2.75, 3.05) is 26.4 Å². The van der Waals surface area contributed by atoms with Crippen molar-refractivity contribution in [2.45, 2.75) is 6.04 Å². The second-order valence-corrected chi connectivity index (χ2v) is 4.52. The van der Waals surface area contributed by atoms with E-state index < -0.39 is 22.6 Å². The normalized spacial score (nSPS) is 18.9. The zero-order valence-electron chi connectivity index (χ0n) is 10.4. The summed E-state index contributed by atoms with van der Waals surface area (Å²) in [5.41, 5.74) is -0.669. The zero-order valence-corrected chi connectivity index (χ0v) is 11.1. The number of aliphatic hydroxyl groups excluding tert-OH is 1. The first-order chi connectivity index (χ1) is 9.56. The molecule has 20 heavy (non-hydrogen) atoms. The molecule has 1 atom stereocenters. The second-order valence-electron chi connectivity index (χ2n) is 4.16. The highest BCUT2D eigenvalue weighted by atomic mass is 35.5. The molecule has 1 unspecified atom stereocenters. The summed E-state index contributed by atoms with van der Waals surface area (Å²) in [6.07, 6.45) is 1.23. The van der Waals surface area contributed by atoms with Gasteiger partial charge in [0.2, 0.25) is 5.15 Å². The number of hydrogen-bond acceptors (Lipinski definition) is 6. The first-order valence-electron chi connectivity index (χ1n) is 5.84. The minimum absolute atomic E-state index is 0.143. The van der Waals surface area contributed by atoms with Crippen LogP contribution < -0.4 is 0 Å². The molecule has 8 nitrogen and oxygen atoms in total. The van der Waals surface area contributed by atoms with Gasteiger partial charge in [-0.25, -0.2) is 4.98 Å². The van der Waals surface area contributed by atoms with Crippen LogP contribution in [-0.4, -0.2) is 58.2 Å². The van der Waals surface area contributed by atoms with Crippen LogP contribution in [-0.2, 0) is 4.74 Å². The fourth-order valence-electron chi connectivity index (χ4n) is 2.00. The monoisotopic (exact) mass is 301 g/mol. The third-order valence-corrected chi connectivity index (χ3v) is 3.27. The van der Waals surface area contributed by atoms with Crippen molar-refractivity contribution in [3.63, 3.8) is 0 Å². The number of rotatable bonds is 3. The fraction of sp³-hybridized carbons (Fsp3) is 0.455. The van der Waals surface area contributed by atoms with Gasteiger partial charge < -0.3 is 14.7 Å². The largest absolute Gasteiger partial charge is 0.394 e. The first kappa shape index (κ1) is 14.6. The third-order valence-electron chi connectivity index (χ3n) is 2.99. The summed E-state index contributed by atoms with van der Waals surface area (Å²) in [5.74, 6) is -0.566. The predicted octanol–water partition coefficient (Wildman–Crippen LogP) is 0.476. The Bertz CT molecular complexity index is 539. The van der Waals surface area contributed by atoms with Crippen molar-refractivity contribution in [1.29, 1.82) is 0 Å². The first-order valence-corrected chi connectivity index (χ1v) is 6.22. The lowest BCUT2D eigenvalue weighted by Gasteiger charge is -2.34. The SMILES string of the molecule is O=C(c1ccnc(Cl)c1[N+](=O)[O-])N1CCOCC1CO. The van der Waals surface area contributed by atoms with Crippen molar-refractivity contribution in [1.82, 2.24) is 9.88 Å². The lowest BCUT2D eigenvalue weighted by Crippen LogP contribution is -2.50. The van der Waals surface area contributed by atoms with Crippen LogP contribution in [0.2, 0.25) is 5.15 Å². The van der Waals surface area contributed by atoms with Gasteiger partial charge in [-0.2, -0.15) is 0 Å². The molecule has 2 heterocycles. The van der Waals surface area contributed by atoms with Crippen LogP contribution >= 0.6 is 11.6 Å². The van der Waals surface area contributed by atoms with Crippen LogP contribution in [0.1, 0.15) is 10.4 Å². The maximum absolute atomic E-state index is 12.4. The molecule has 108 valence electrons. The summed E-state index contributed by atoms with van der Waals surface area (Å²) in [7, 11) is 0. The molecule has 0 bridgehead atoms. The molecule has 1 aliphatic rings. The van der Waals surface area contributed by atoms with Gasteiger partial charge in [0.05, 0.1) is 30.8 Å². The van der Waals surface area contributed by atoms with Crippen LogP contribution in [0, 0.1) is 10.1 Å². The number of carbonyl (C=O) groups excluding carboxylic acids is 1. The molecular weight excluding hydrogens is 290 g/mol. The number of pyridine rings is 1. The quantitative estimate of drug-likeness (QED) is 0.494. The molecule has 1 fully saturated rings. The summed E-state index contributed by atoms with van der Waals surface area (Å²) in [4.78, 5) is 27.6. The predicted molar refractivity (Wildman–Crippen MR) is 68.6 cm³/mol. The molecule has 0 radical (unpaired) electrons. The minimum Gasteiger partial charge on any atom is -0.394 e. The molecule has 0 saturated carbocycles. The van der Waals surface area contributed by atoms with Crippen molar-refractivity contribution < 1.29 is 19.6 Å². The molecule has 0 aliphatic carbocycles. The van der Waals surface area contributed by atoms with Gasteiger partial charge >= 0.3 is 5.69 Å². The third kappa shape index (κ3) is 2.72. The Morgan fingerprint density at radius 2 is 2.45 bits per heavy atom. The van der Waals surface area contributed by atoms with E-state index in [1.54, 1.807) is 0 Å². The van der Waals surface area contributed by atoms with Crippen LogP contribution in [0.15, 0.2) is 12.3 Å². The average Bonchev–Trinajstić information content (AvgIpc) is 2.45. The molecule has 1 saturated heterocycles. The number of carbonyl (C=O) groups is 1. The summed E-state index contributed by atoms with van der Waals surface area (Å²) in [6, 6.07) is 0.721. The molecule has 1 aromatic rings. The number of aromatic nitrogens is 1. The van der Waals surface area contributed by atoms with Gasteiger partial charge in [0, 0.05) is 12.7 Å². The Hall–Kier alpha value is -1.77. The number of amides is 1. The molecule has 9 heteroatoms. The Balaban J connectivity index is 2.38. The molecule has 2 rings (SSSR count). The van der Waals surface area contributed by atoms with Crippen LogP contribution in [0.25, 0.3) is 0 Å². The summed E-state index contributed by atoms with van der Waals surface area (Å²) in [6.45, 7) is 0.475. The molecule has 0 aromatic carbocycles. The van der Waals surface area contributed by atoms with Gasteiger partial charge in [-0.1, -0.05) is 11.6 Å². The standard InChI is InChI=1S/C11H12ClN3O5/c12-10-9(15(18)19)8(1-2-13-10)11(17)14-3-4-20-6-7(14)5-16/h1-2,7,16H,3-6H2. The Morgan fingerprint density at radius 3 is 3.10 bits per heavy atom. The highest BCUT2D eigenvalue weighted by molar-refractivity contribution is 6.32. The zero-order chi connectivity index (χ0) is 14.7. The van der Waals surface area contributed by atoms with Gasteiger partial charge in [0.25, 0.3) is 5.91 Å². The van der Waals surface area contributed by atoms with E-state index in [9.17, 15) is 20.0 Å². The molecule has 1 N–H and O–H groups in total. The van der Waals surface area contributed by atoms with Gasteiger partial charge in [0.15, 0.2) is 0 Å². The Morgan fingerprint density at radius 1 is 1.70 bits per heavy atom. The van der Waals surface area contributed by atoms with Crippen molar-refractivity contribution >= 4 is 23.2 Å².